The van der Waals surface area contributed by atoms with Crippen LogP contribution >= 0.6 is 23.2 Å². The fraction of sp³-hybridized carbons (Fsp3) is 0.368. The van der Waals surface area contributed by atoms with Crippen molar-refractivity contribution in [2.75, 3.05) is 6.61 Å². The lowest BCUT2D eigenvalue weighted by atomic mass is 10.1. The Bertz CT molecular complexity index is 893. The Balaban J connectivity index is 2.57. The van der Waals surface area contributed by atoms with E-state index >= 15 is 0 Å². The van der Waals surface area contributed by atoms with E-state index in [1.54, 1.807) is 20.8 Å². The maximum atomic E-state index is 12.6. The van der Waals surface area contributed by atoms with Gasteiger partial charge in [0.05, 0.1) is 10.0 Å². The van der Waals surface area contributed by atoms with E-state index in [0.29, 0.717) is 11.1 Å². The van der Waals surface area contributed by atoms with E-state index in [4.69, 9.17) is 32.7 Å². The number of nitrogens with zero attached hydrogens (tertiary/aromatic N) is 1. The third kappa shape index (κ3) is 6.01. The van der Waals surface area contributed by atoms with Crippen molar-refractivity contribution in [3.8, 4) is 17.0 Å². The van der Waals surface area contributed by atoms with Gasteiger partial charge in [0.25, 0.3) is 0 Å². The van der Waals surface area contributed by atoms with Gasteiger partial charge in [-0.05, 0) is 51.5 Å². The van der Waals surface area contributed by atoms with Crippen molar-refractivity contribution in [2.24, 2.45) is 0 Å². The number of aryl methyl sites for hydroxylation is 1. The van der Waals surface area contributed by atoms with E-state index in [1.807, 2.05) is 0 Å². The summed E-state index contributed by atoms with van der Waals surface area (Å²) in [7, 11) is 0. The van der Waals surface area contributed by atoms with Crippen LogP contribution in [-0.4, -0.2) is 29.3 Å². The van der Waals surface area contributed by atoms with Gasteiger partial charge in [0.1, 0.15) is 17.0 Å². The number of esters is 1. The zero-order chi connectivity index (χ0) is 21.3. The highest BCUT2D eigenvalue weighted by Crippen LogP contribution is 2.35. The molecule has 152 valence electrons. The van der Waals surface area contributed by atoms with Crippen molar-refractivity contribution < 1.29 is 27.4 Å². The first kappa shape index (κ1) is 22.3. The molecule has 28 heavy (non-hydrogen) atoms. The largest absolute Gasteiger partial charge is 0.482 e. The number of benzene rings is 1. The van der Waals surface area contributed by atoms with Crippen LogP contribution in [0, 0.1) is 6.92 Å². The standard InChI is InChI=1S/C19H18Cl2F3NO3/c1-10-7-14(27-9-19(22,23)24)16(11-5-6-12(20)13(21)8-11)25-15(10)17(26)28-18(2,3)4/h5-8H,9H2,1-4H3. The number of pyridine rings is 1. The van der Waals surface area contributed by atoms with Crippen LogP contribution in [0.2, 0.25) is 10.0 Å². The number of hydrogen-bond donors (Lipinski definition) is 0. The van der Waals surface area contributed by atoms with Crippen LogP contribution in [-0.2, 0) is 4.74 Å². The normalized spacial score (nSPS) is 12.0. The Morgan fingerprint density at radius 2 is 1.75 bits per heavy atom. The Hall–Kier alpha value is -1.99. The van der Waals surface area contributed by atoms with Crippen LogP contribution in [0.3, 0.4) is 0 Å². The van der Waals surface area contributed by atoms with E-state index < -0.39 is 24.4 Å². The minimum atomic E-state index is -4.54. The molecule has 0 fully saturated rings. The smallest absolute Gasteiger partial charge is 0.422 e. The molecule has 0 N–H and O–H groups in total. The molecular weight excluding hydrogens is 418 g/mol. The van der Waals surface area contributed by atoms with Crippen molar-refractivity contribution in [3.63, 3.8) is 0 Å². The van der Waals surface area contributed by atoms with Crippen LogP contribution in [0.5, 0.6) is 5.75 Å². The van der Waals surface area contributed by atoms with E-state index in [0.717, 1.165) is 0 Å². The topological polar surface area (TPSA) is 48.4 Å². The maximum absolute atomic E-state index is 12.6. The van der Waals surface area contributed by atoms with Gasteiger partial charge in [0.15, 0.2) is 12.3 Å². The highest BCUT2D eigenvalue weighted by molar-refractivity contribution is 6.42. The molecule has 9 heteroatoms. The molecular formula is C19H18Cl2F3NO3. The number of carbonyl (C=O) groups is 1. The molecule has 2 rings (SSSR count). The molecule has 1 aromatic carbocycles. The number of alkyl halides is 3. The third-order valence-corrected chi connectivity index (χ3v) is 4.09. The van der Waals surface area contributed by atoms with Crippen LogP contribution < -0.4 is 4.74 Å². The van der Waals surface area contributed by atoms with Gasteiger partial charge in [-0.15, -0.1) is 0 Å². The minimum absolute atomic E-state index is 0.0225. The van der Waals surface area contributed by atoms with Crippen LogP contribution in [0.15, 0.2) is 24.3 Å². The molecule has 0 spiro atoms. The molecule has 1 aromatic heterocycles. The number of halogens is 5. The average Bonchev–Trinajstić information content (AvgIpc) is 2.53. The SMILES string of the molecule is Cc1cc(OCC(F)(F)F)c(-c2ccc(Cl)c(Cl)c2)nc1C(=O)OC(C)(C)C. The first-order valence-corrected chi connectivity index (χ1v) is 8.92. The quantitative estimate of drug-likeness (QED) is 0.531. The Morgan fingerprint density at radius 1 is 1.11 bits per heavy atom. The molecule has 0 bridgehead atoms. The molecule has 0 amide bonds. The van der Waals surface area contributed by atoms with Gasteiger partial charge in [-0.25, -0.2) is 9.78 Å². The van der Waals surface area contributed by atoms with Crippen LogP contribution in [0.25, 0.3) is 11.3 Å². The second kappa shape index (κ2) is 8.17. The predicted octanol–water partition coefficient (Wildman–Crippen LogP) is 6.26. The van der Waals surface area contributed by atoms with Crippen molar-refractivity contribution >= 4 is 29.2 Å². The Labute approximate surface area is 170 Å². The van der Waals surface area contributed by atoms with Crippen molar-refractivity contribution in [1.82, 2.24) is 4.98 Å². The number of carbonyl (C=O) groups excluding carboxylic acids is 1. The van der Waals surface area contributed by atoms with Gasteiger partial charge in [0, 0.05) is 5.56 Å². The fourth-order valence-electron chi connectivity index (χ4n) is 2.24. The molecule has 0 aliphatic heterocycles. The van der Waals surface area contributed by atoms with Crippen LogP contribution in [0.4, 0.5) is 13.2 Å². The minimum Gasteiger partial charge on any atom is -0.482 e. The summed E-state index contributed by atoms with van der Waals surface area (Å²) in [4.78, 5) is 16.7. The van der Waals surface area contributed by atoms with E-state index in [1.165, 1.54) is 31.2 Å². The average molecular weight is 436 g/mol. The van der Waals surface area contributed by atoms with Crippen LogP contribution in [0.1, 0.15) is 36.8 Å². The van der Waals surface area contributed by atoms with Crippen molar-refractivity contribution in [3.05, 3.63) is 45.6 Å². The van der Waals surface area contributed by atoms with Gasteiger partial charge in [-0.2, -0.15) is 13.2 Å². The molecule has 0 saturated carbocycles. The van der Waals surface area contributed by atoms with E-state index in [2.05, 4.69) is 4.98 Å². The van der Waals surface area contributed by atoms with Gasteiger partial charge in [0.2, 0.25) is 0 Å². The second-order valence-corrected chi connectivity index (χ2v) is 7.85. The molecule has 0 atom stereocenters. The van der Waals surface area contributed by atoms with E-state index in [9.17, 15) is 18.0 Å². The highest BCUT2D eigenvalue weighted by Gasteiger charge is 2.30. The molecule has 0 aliphatic rings. The summed E-state index contributed by atoms with van der Waals surface area (Å²) in [6.07, 6.45) is -4.54. The van der Waals surface area contributed by atoms with Gasteiger partial charge >= 0.3 is 12.1 Å². The zero-order valence-corrected chi connectivity index (χ0v) is 17.1. The second-order valence-electron chi connectivity index (χ2n) is 7.04. The maximum Gasteiger partial charge on any atom is 0.422 e. The number of hydrogen-bond acceptors (Lipinski definition) is 4. The molecule has 0 aliphatic carbocycles. The zero-order valence-electron chi connectivity index (χ0n) is 15.6. The first-order chi connectivity index (χ1) is 12.8. The van der Waals surface area contributed by atoms with Crippen molar-refractivity contribution in [1.29, 1.82) is 0 Å². The summed E-state index contributed by atoms with van der Waals surface area (Å²) in [5.74, 6) is -0.839. The summed E-state index contributed by atoms with van der Waals surface area (Å²) in [6.45, 7) is 5.11. The third-order valence-electron chi connectivity index (χ3n) is 3.35. The van der Waals surface area contributed by atoms with Gasteiger partial charge in [-0.3, -0.25) is 0 Å². The molecule has 0 radical (unpaired) electrons. The van der Waals surface area contributed by atoms with Gasteiger partial charge < -0.3 is 9.47 Å². The molecule has 0 saturated heterocycles. The van der Waals surface area contributed by atoms with Crippen molar-refractivity contribution in [2.45, 2.75) is 39.5 Å². The first-order valence-electron chi connectivity index (χ1n) is 8.17. The fourth-order valence-corrected chi connectivity index (χ4v) is 2.54. The molecule has 0 unspecified atom stereocenters. The lowest BCUT2D eigenvalue weighted by molar-refractivity contribution is -0.153. The molecule has 4 nitrogen and oxygen atoms in total. The lowest BCUT2D eigenvalue weighted by Gasteiger charge is -2.21. The summed E-state index contributed by atoms with van der Waals surface area (Å²) in [6, 6.07) is 5.74. The van der Waals surface area contributed by atoms with Gasteiger partial charge in [-0.1, -0.05) is 29.3 Å². The monoisotopic (exact) mass is 435 g/mol. The molecule has 2 aromatic rings. The summed E-state index contributed by atoms with van der Waals surface area (Å²) < 4.78 is 48.1. The Kier molecular flexibility index (Phi) is 6.51. The molecule has 1 heterocycles. The number of rotatable bonds is 4. The Morgan fingerprint density at radius 3 is 2.29 bits per heavy atom. The lowest BCUT2D eigenvalue weighted by Crippen LogP contribution is -2.25. The van der Waals surface area contributed by atoms with E-state index in [-0.39, 0.29) is 27.2 Å². The summed E-state index contributed by atoms with van der Waals surface area (Å²) in [5.41, 5.74) is -0.114. The predicted molar refractivity (Wildman–Crippen MR) is 101 cm³/mol. The highest BCUT2D eigenvalue weighted by atomic mass is 35.5. The summed E-state index contributed by atoms with van der Waals surface area (Å²) in [5, 5.41) is 0.449. The summed E-state index contributed by atoms with van der Waals surface area (Å²) >= 11 is 11.9. The number of aromatic nitrogens is 1. The number of ether oxygens (including phenoxy) is 2.